The van der Waals surface area contributed by atoms with Gasteiger partial charge in [0.25, 0.3) is 6.01 Å². The zero-order chi connectivity index (χ0) is 24.5. The summed E-state index contributed by atoms with van der Waals surface area (Å²) in [7, 11) is 0. The second kappa shape index (κ2) is 9.71. The Balaban J connectivity index is 1.36. The van der Waals surface area contributed by atoms with Crippen molar-refractivity contribution < 1.29 is 32.6 Å². The number of aromatic nitrogens is 3. The molecule has 35 heavy (non-hydrogen) atoms. The van der Waals surface area contributed by atoms with Crippen LogP contribution in [0.4, 0.5) is 24.7 Å². The van der Waals surface area contributed by atoms with E-state index in [9.17, 15) is 18.7 Å². The van der Waals surface area contributed by atoms with Gasteiger partial charge in [-0.1, -0.05) is 17.4 Å². The van der Waals surface area contributed by atoms with Gasteiger partial charge in [0.15, 0.2) is 10.9 Å². The van der Waals surface area contributed by atoms with Gasteiger partial charge in [0.05, 0.1) is 48.2 Å². The van der Waals surface area contributed by atoms with E-state index in [2.05, 4.69) is 30.3 Å². The first-order valence-corrected chi connectivity index (χ1v) is 11.7. The van der Waals surface area contributed by atoms with Crippen LogP contribution in [0.25, 0.3) is 11.5 Å². The van der Waals surface area contributed by atoms with Crippen LogP contribution < -0.4 is 20.3 Å². The van der Waals surface area contributed by atoms with Gasteiger partial charge < -0.3 is 29.2 Å². The highest BCUT2D eigenvalue weighted by Crippen LogP contribution is 2.43. The molecule has 0 aliphatic carbocycles. The number of oxazole rings is 1. The number of thiazole rings is 1. The van der Waals surface area contributed by atoms with Gasteiger partial charge in [0, 0.05) is 19.0 Å². The van der Waals surface area contributed by atoms with Crippen molar-refractivity contribution in [3.63, 3.8) is 0 Å². The van der Waals surface area contributed by atoms with E-state index in [1.165, 1.54) is 23.6 Å². The molecule has 0 saturated carbocycles. The molecule has 186 valence electrons. The summed E-state index contributed by atoms with van der Waals surface area (Å²) in [6, 6.07) is 4.08. The minimum atomic E-state index is -2.98. The predicted octanol–water partition coefficient (Wildman–Crippen LogP) is 2.80. The molecule has 3 N–H and O–H groups in total. The summed E-state index contributed by atoms with van der Waals surface area (Å²) in [5.41, 5.74) is 1.19. The lowest BCUT2D eigenvalue weighted by molar-refractivity contribution is -0.0527. The summed E-state index contributed by atoms with van der Waals surface area (Å²) in [5, 5.41) is 15.1. The molecule has 3 aromatic rings. The number of nitrogens with one attached hydrogen (secondary N) is 2. The molecule has 14 heteroatoms. The van der Waals surface area contributed by atoms with Gasteiger partial charge in [0.2, 0.25) is 5.88 Å². The van der Waals surface area contributed by atoms with Gasteiger partial charge >= 0.3 is 12.6 Å². The van der Waals surface area contributed by atoms with Crippen LogP contribution in [0.5, 0.6) is 5.88 Å². The molecule has 2 aliphatic rings. The second-order valence-electron chi connectivity index (χ2n) is 8.08. The number of urea groups is 1. The first-order chi connectivity index (χ1) is 16.9. The number of fused-ring (bicyclic) bond motifs is 4. The van der Waals surface area contributed by atoms with Gasteiger partial charge in [0.1, 0.15) is 5.69 Å². The number of morpholine rings is 1. The van der Waals surface area contributed by atoms with E-state index in [1.807, 2.05) is 4.90 Å². The number of nitrogens with zero attached hydrogens (tertiary/aromatic N) is 4. The lowest BCUT2D eigenvalue weighted by atomic mass is 9.97. The molecule has 3 aromatic heterocycles. The largest absolute Gasteiger partial charge is 0.422 e. The van der Waals surface area contributed by atoms with Crippen LogP contribution in [0.3, 0.4) is 0 Å². The molecule has 1 fully saturated rings. The normalized spacial score (nSPS) is 19.9. The summed E-state index contributed by atoms with van der Waals surface area (Å²) in [4.78, 5) is 28.1. The average molecular weight is 509 g/mol. The third-order valence-electron chi connectivity index (χ3n) is 5.45. The number of anilines is 2. The minimum absolute atomic E-state index is 0.0896. The maximum absolute atomic E-state index is 12.5. The number of hydrogen-bond donors (Lipinski definition) is 3. The monoisotopic (exact) mass is 508 g/mol. The van der Waals surface area contributed by atoms with Crippen LogP contribution >= 0.6 is 11.3 Å². The van der Waals surface area contributed by atoms with Crippen LogP contribution in [0.2, 0.25) is 0 Å². The van der Waals surface area contributed by atoms with Crippen molar-refractivity contribution in [2.24, 2.45) is 0 Å². The molecule has 0 radical (unpaired) electrons. The molecule has 0 unspecified atom stereocenters. The molecule has 2 aliphatic heterocycles. The highest BCUT2D eigenvalue weighted by atomic mass is 32.1. The quantitative estimate of drug-likeness (QED) is 0.440. The maximum Gasteiger partial charge on any atom is 0.388 e. The van der Waals surface area contributed by atoms with Crippen LogP contribution in [-0.4, -0.2) is 64.6 Å². The number of aliphatic hydroxyl groups is 1. The van der Waals surface area contributed by atoms with Gasteiger partial charge in [-0.05, 0) is 13.0 Å². The van der Waals surface area contributed by atoms with Crippen molar-refractivity contribution in [3.05, 3.63) is 35.0 Å². The first kappa shape index (κ1) is 23.4. The average Bonchev–Trinajstić information content (AvgIpc) is 3.44. The Bertz CT molecular complexity index is 1200. The minimum Gasteiger partial charge on any atom is -0.422 e. The number of carbonyl (C=O) groups excluding carboxylic acids is 1. The molecule has 5 heterocycles. The Morgan fingerprint density at radius 3 is 3.03 bits per heavy atom. The number of alkyl halides is 2. The van der Waals surface area contributed by atoms with Gasteiger partial charge in [-0.2, -0.15) is 8.78 Å². The molecule has 1 saturated heterocycles. The Labute approximate surface area is 202 Å². The first-order valence-electron chi connectivity index (χ1n) is 10.8. The van der Waals surface area contributed by atoms with E-state index in [-0.39, 0.29) is 24.5 Å². The summed E-state index contributed by atoms with van der Waals surface area (Å²) in [6.07, 6.45) is 1.39. The Morgan fingerprint density at radius 1 is 1.37 bits per heavy atom. The molecular weight excluding hydrogens is 486 g/mol. The molecule has 2 amide bonds. The standard InChI is InChI=1S/C21H22F2N6O5S/c1-10(30)6-24-19(31)28-20-27-13-5-11-8-32-9-14(17(13)35-20)29(11)21-25-7-15(33-21)12-3-2-4-16(26-12)34-18(22)23/h2-4,7,10-11,14,18,30H,5-6,8-9H2,1H3,(H2,24,27,28,31)/t10-,11-,14-/m0/s1. The van der Waals surface area contributed by atoms with Gasteiger partial charge in [-0.15, -0.1) is 0 Å². The zero-order valence-electron chi connectivity index (χ0n) is 18.5. The van der Waals surface area contributed by atoms with Crippen molar-refractivity contribution in [3.8, 4) is 17.3 Å². The Hall–Kier alpha value is -3.36. The fraction of sp³-hybridized carbons (Fsp3) is 0.429. The fourth-order valence-electron chi connectivity index (χ4n) is 4.02. The number of pyridine rings is 1. The number of hydrogen-bond acceptors (Lipinski definition) is 10. The van der Waals surface area contributed by atoms with E-state index >= 15 is 0 Å². The lowest BCUT2D eigenvalue weighted by Gasteiger charge is -2.43. The van der Waals surface area contributed by atoms with Crippen molar-refractivity contribution in [2.45, 2.75) is 38.1 Å². The Morgan fingerprint density at radius 2 is 2.23 bits per heavy atom. The van der Waals surface area contributed by atoms with Crippen molar-refractivity contribution in [1.82, 2.24) is 20.3 Å². The zero-order valence-corrected chi connectivity index (χ0v) is 19.3. The van der Waals surface area contributed by atoms with E-state index in [0.29, 0.717) is 42.2 Å². The number of rotatable bonds is 7. The number of aliphatic hydroxyl groups excluding tert-OH is 1. The number of halogens is 2. The molecular formula is C21H22F2N6O5S. The summed E-state index contributed by atoms with van der Waals surface area (Å²) < 4.78 is 41.2. The number of carbonyl (C=O) groups is 1. The van der Waals surface area contributed by atoms with E-state index in [0.717, 1.165) is 10.6 Å². The van der Waals surface area contributed by atoms with Crippen molar-refractivity contribution >= 4 is 28.5 Å². The maximum atomic E-state index is 12.5. The van der Waals surface area contributed by atoms with Gasteiger partial charge in [-0.3, -0.25) is 5.32 Å². The van der Waals surface area contributed by atoms with E-state index in [1.54, 1.807) is 19.1 Å². The van der Waals surface area contributed by atoms with E-state index < -0.39 is 18.7 Å². The van der Waals surface area contributed by atoms with Crippen LogP contribution in [0, 0.1) is 0 Å². The van der Waals surface area contributed by atoms with Crippen LogP contribution in [-0.2, 0) is 11.2 Å². The molecule has 0 spiro atoms. The highest BCUT2D eigenvalue weighted by Gasteiger charge is 2.42. The highest BCUT2D eigenvalue weighted by molar-refractivity contribution is 7.16. The third-order valence-corrected chi connectivity index (χ3v) is 6.57. The lowest BCUT2D eigenvalue weighted by Crippen LogP contribution is -2.51. The molecule has 0 aromatic carbocycles. The second-order valence-corrected chi connectivity index (χ2v) is 9.11. The molecule has 11 nitrogen and oxygen atoms in total. The predicted molar refractivity (Wildman–Crippen MR) is 121 cm³/mol. The topological polar surface area (TPSA) is 135 Å². The van der Waals surface area contributed by atoms with E-state index in [4.69, 9.17) is 9.15 Å². The number of amides is 2. The SMILES string of the molecule is C[C@H](O)CNC(=O)Nc1nc2c(s1)[C@@H]1COC[C@H](C2)N1c1ncc(-c2cccc(OC(F)F)n2)o1. The third kappa shape index (κ3) is 5.04. The molecule has 3 atom stereocenters. The molecule has 5 rings (SSSR count). The van der Waals surface area contributed by atoms with Crippen LogP contribution in [0.1, 0.15) is 23.5 Å². The fourth-order valence-corrected chi connectivity index (χ4v) is 5.09. The Kier molecular flexibility index (Phi) is 6.49. The summed E-state index contributed by atoms with van der Waals surface area (Å²) >= 11 is 1.34. The smallest absolute Gasteiger partial charge is 0.388 e. The van der Waals surface area contributed by atoms with Crippen molar-refractivity contribution in [1.29, 1.82) is 0 Å². The van der Waals surface area contributed by atoms with Gasteiger partial charge in [-0.25, -0.2) is 19.7 Å². The van der Waals surface area contributed by atoms with Crippen LogP contribution in [0.15, 0.2) is 28.8 Å². The molecule has 2 bridgehead atoms. The number of ether oxygens (including phenoxy) is 2. The summed E-state index contributed by atoms with van der Waals surface area (Å²) in [5.74, 6) is 0.0939. The summed E-state index contributed by atoms with van der Waals surface area (Å²) in [6.45, 7) is -0.448. The van der Waals surface area contributed by atoms with Crippen molar-refractivity contribution in [2.75, 3.05) is 30.0 Å².